The van der Waals surface area contributed by atoms with Crippen molar-refractivity contribution in [2.75, 3.05) is 5.32 Å². The summed E-state index contributed by atoms with van der Waals surface area (Å²) in [5.41, 5.74) is 1.13. The van der Waals surface area contributed by atoms with Gasteiger partial charge in [0, 0.05) is 33.3 Å². The number of pyridine rings is 1. The molecule has 0 fully saturated rings. The van der Waals surface area contributed by atoms with E-state index in [0.717, 1.165) is 14.4 Å². The van der Waals surface area contributed by atoms with E-state index in [2.05, 4.69) is 31.2 Å². The predicted molar refractivity (Wildman–Crippen MR) is 85.3 cm³/mol. The second-order valence-corrected chi connectivity index (χ2v) is 6.54. The van der Waals surface area contributed by atoms with E-state index in [-0.39, 0.29) is 5.91 Å². The smallest absolute Gasteiger partial charge is 0.275 e. The van der Waals surface area contributed by atoms with Crippen molar-refractivity contribution in [1.29, 1.82) is 0 Å². The maximum atomic E-state index is 12.1. The van der Waals surface area contributed by atoms with Gasteiger partial charge in [-0.1, -0.05) is 0 Å². The Morgan fingerprint density at radius 3 is 2.70 bits per heavy atom. The lowest BCUT2D eigenvalue weighted by atomic mass is 10.3. The number of anilines is 1. The highest BCUT2D eigenvalue weighted by Crippen LogP contribution is 2.32. The van der Waals surface area contributed by atoms with Crippen LogP contribution in [0.25, 0.3) is 9.88 Å². The van der Waals surface area contributed by atoms with E-state index in [1.807, 2.05) is 11.4 Å². The molecule has 3 aromatic rings. The normalized spacial score (nSPS) is 10.4. The molecule has 0 radical (unpaired) electrons. The van der Waals surface area contributed by atoms with E-state index in [9.17, 15) is 4.79 Å². The average molecular weight is 366 g/mol. The van der Waals surface area contributed by atoms with Crippen LogP contribution >= 0.6 is 38.6 Å². The van der Waals surface area contributed by atoms with Gasteiger partial charge < -0.3 is 5.32 Å². The van der Waals surface area contributed by atoms with Gasteiger partial charge in [-0.15, -0.1) is 22.7 Å². The molecule has 4 nitrogen and oxygen atoms in total. The number of hydrogen-bond acceptors (Lipinski definition) is 5. The summed E-state index contributed by atoms with van der Waals surface area (Å²) in [5.74, 6) is -0.214. The summed E-state index contributed by atoms with van der Waals surface area (Å²) in [5, 5.41) is 7.39. The summed E-state index contributed by atoms with van der Waals surface area (Å²) >= 11 is 6.46. The van der Waals surface area contributed by atoms with Gasteiger partial charge in [-0.2, -0.15) is 0 Å². The van der Waals surface area contributed by atoms with Crippen molar-refractivity contribution in [1.82, 2.24) is 9.97 Å². The minimum atomic E-state index is -0.214. The van der Waals surface area contributed by atoms with Crippen molar-refractivity contribution in [3.8, 4) is 9.88 Å². The zero-order valence-corrected chi connectivity index (χ0v) is 13.3. The molecule has 0 aliphatic heterocycles. The molecule has 0 aliphatic rings. The molecular formula is C13H8BrN3OS2. The van der Waals surface area contributed by atoms with E-state index in [0.29, 0.717) is 11.4 Å². The molecule has 3 rings (SSSR count). The van der Waals surface area contributed by atoms with Crippen LogP contribution in [-0.2, 0) is 0 Å². The number of halogens is 1. The van der Waals surface area contributed by atoms with E-state index in [1.54, 1.807) is 41.2 Å². The Morgan fingerprint density at radius 2 is 2.00 bits per heavy atom. The van der Waals surface area contributed by atoms with Crippen molar-refractivity contribution in [2.45, 2.75) is 0 Å². The zero-order chi connectivity index (χ0) is 13.9. The fourth-order valence-corrected chi connectivity index (χ4v) is 3.85. The van der Waals surface area contributed by atoms with Gasteiger partial charge in [-0.3, -0.25) is 9.78 Å². The van der Waals surface area contributed by atoms with Crippen molar-refractivity contribution < 1.29 is 4.79 Å². The van der Waals surface area contributed by atoms with Crippen molar-refractivity contribution in [3.05, 3.63) is 51.5 Å². The van der Waals surface area contributed by atoms with Crippen LogP contribution in [0.3, 0.4) is 0 Å². The lowest BCUT2D eigenvalue weighted by Crippen LogP contribution is -2.12. The molecule has 0 bridgehead atoms. The highest BCUT2D eigenvalue weighted by Gasteiger charge is 2.13. The van der Waals surface area contributed by atoms with Crippen LogP contribution < -0.4 is 5.32 Å². The second-order valence-electron chi connectivity index (χ2n) is 3.86. The minimum absolute atomic E-state index is 0.214. The van der Waals surface area contributed by atoms with Gasteiger partial charge in [0.05, 0.1) is 4.88 Å². The van der Waals surface area contributed by atoms with Gasteiger partial charge in [0.2, 0.25) is 0 Å². The third-order valence-electron chi connectivity index (χ3n) is 2.45. The molecule has 7 heteroatoms. The monoisotopic (exact) mass is 365 g/mol. The number of rotatable bonds is 3. The van der Waals surface area contributed by atoms with Crippen LogP contribution in [0.4, 0.5) is 5.69 Å². The fourth-order valence-electron chi connectivity index (χ4n) is 1.55. The summed E-state index contributed by atoms with van der Waals surface area (Å²) in [6.07, 6.45) is 3.26. The SMILES string of the molecule is O=C(Nc1ccncc1)c1csc(-c2cc(Br)cs2)n1. The molecule has 100 valence electrons. The second kappa shape index (κ2) is 5.82. The number of aromatic nitrogens is 2. The summed E-state index contributed by atoms with van der Waals surface area (Å²) in [7, 11) is 0. The quantitative estimate of drug-likeness (QED) is 0.753. The molecule has 0 atom stereocenters. The number of carbonyl (C=O) groups is 1. The Bertz CT molecular complexity index is 739. The molecule has 3 heterocycles. The molecule has 20 heavy (non-hydrogen) atoms. The Balaban J connectivity index is 1.78. The van der Waals surface area contributed by atoms with Gasteiger partial charge in [0.15, 0.2) is 0 Å². The summed E-state index contributed by atoms with van der Waals surface area (Å²) in [6.45, 7) is 0. The third kappa shape index (κ3) is 2.95. The van der Waals surface area contributed by atoms with Crippen LogP contribution in [0, 0.1) is 0 Å². The van der Waals surface area contributed by atoms with Gasteiger partial charge in [0.1, 0.15) is 10.7 Å². The van der Waals surface area contributed by atoms with Crippen molar-refractivity contribution in [2.24, 2.45) is 0 Å². The van der Waals surface area contributed by atoms with Crippen LogP contribution in [0.1, 0.15) is 10.5 Å². The Labute approximate surface area is 131 Å². The van der Waals surface area contributed by atoms with Gasteiger partial charge in [-0.25, -0.2) is 4.98 Å². The lowest BCUT2D eigenvalue weighted by Gasteiger charge is -2.01. The number of amides is 1. The Kier molecular flexibility index (Phi) is 3.90. The molecule has 1 N–H and O–H groups in total. The first-order valence-electron chi connectivity index (χ1n) is 5.64. The number of carbonyl (C=O) groups excluding carboxylic acids is 1. The first kappa shape index (κ1) is 13.4. The molecule has 0 spiro atoms. The first-order chi connectivity index (χ1) is 9.72. The molecule has 0 aromatic carbocycles. The summed E-state index contributed by atoms with van der Waals surface area (Å²) < 4.78 is 1.02. The maximum absolute atomic E-state index is 12.1. The number of thiazole rings is 1. The zero-order valence-electron chi connectivity index (χ0n) is 10.0. The maximum Gasteiger partial charge on any atom is 0.275 e. The summed E-state index contributed by atoms with van der Waals surface area (Å²) in [6, 6.07) is 5.47. The number of nitrogens with zero attached hydrogens (tertiary/aromatic N) is 2. The highest BCUT2D eigenvalue weighted by molar-refractivity contribution is 9.10. The summed E-state index contributed by atoms with van der Waals surface area (Å²) in [4.78, 5) is 21.4. The molecule has 0 saturated heterocycles. The van der Waals surface area contributed by atoms with E-state index >= 15 is 0 Å². The molecule has 0 aliphatic carbocycles. The molecular weight excluding hydrogens is 358 g/mol. The van der Waals surface area contributed by atoms with E-state index in [1.165, 1.54) is 11.3 Å². The topological polar surface area (TPSA) is 54.9 Å². The van der Waals surface area contributed by atoms with Crippen LogP contribution in [-0.4, -0.2) is 15.9 Å². The number of nitrogens with one attached hydrogen (secondary N) is 1. The number of hydrogen-bond donors (Lipinski definition) is 1. The molecule has 1 amide bonds. The van der Waals surface area contributed by atoms with Crippen molar-refractivity contribution >= 4 is 50.2 Å². The standard InChI is InChI=1S/C13H8BrN3OS2/c14-8-5-11(19-6-8)13-17-10(7-20-13)12(18)16-9-1-3-15-4-2-9/h1-7H,(H,15,16,18). The molecule has 3 aromatic heterocycles. The molecule has 0 unspecified atom stereocenters. The number of thiophene rings is 1. The van der Waals surface area contributed by atoms with E-state index < -0.39 is 0 Å². The fraction of sp³-hybridized carbons (Fsp3) is 0. The van der Waals surface area contributed by atoms with Crippen molar-refractivity contribution in [3.63, 3.8) is 0 Å². The van der Waals surface area contributed by atoms with Gasteiger partial charge >= 0.3 is 0 Å². The Morgan fingerprint density at radius 1 is 1.20 bits per heavy atom. The predicted octanol–water partition coefficient (Wildman–Crippen LogP) is 4.28. The highest BCUT2D eigenvalue weighted by atomic mass is 79.9. The minimum Gasteiger partial charge on any atom is -0.321 e. The van der Waals surface area contributed by atoms with Crippen LogP contribution in [0.2, 0.25) is 0 Å². The lowest BCUT2D eigenvalue weighted by molar-refractivity contribution is 0.102. The first-order valence-corrected chi connectivity index (χ1v) is 8.19. The van der Waals surface area contributed by atoms with E-state index in [4.69, 9.17) is 0 Å². The largest absolute Gasteiger partial charge is 0.321 e. The van der Waals surface area contributed by atoms with Gasteiger partial charge in [0.25, 0.3) is 5.91 Å². The van der Waals surface area contributed by atoms with Crippen LogP contribution in [0.15, 0.2) is 45.8 Å². The van der Waals surface area contributed by atoms with Gasteiger partial charge in [-0.05, 0) is 34.1 Å². The van der Waals surface area contributed by atoms with Crippen LogP contribution in [0.5, 0.6) is 0 Å². The molecule has 0 saturated carbocycles. The average Bonchev–Trinajstić information content (AvgIpc) is 3.08. The third-order valence-corrected chi connectivity index (χ3v) is 5.16. The Hall–Kier alpha value is -1.57.